The second kappa shape index (κ2) is 6.50. The van der Waals surface area contributed by atoms with Crippen molar-refractivity contribution < 1.29 is 8.78 Å². The molecule has 2 rings (SSSR count). The summed E-state index contributed by atoms with van der Waals surface area (Å²) in [5.74, 6) is -0.479. The molecule has 4 heteroatoms. The fourth-order valence-corrected chi connectivity index (χ4v) is 2.82. The van der Waals surface area contributed by atoms with E-state index in [1.54, 1.807) is 0 Å². The lowest BCUT2D eigenvalue weighted by atomic mass is 10.0. The smallest absolute Gasteiger partial charge is 0.149 e. The summed E-state index contributed by atoms with van der Waals surface area (Å²) < 4.78 is 26.9. The zero-order chi connectivity index (χ0) is 13.0. The highest BCUT2D eigenvalue weighted by Crippen LogP contribution is 2.26. The molecule has 1 aromatic rings. The Morgan fingerprint density at radius 1 is 1.06 bits per heavy atom. The monoisotopic (exact) mass is 317 g/mol. The maximum Gasteiger partial charge on any atom is 0.149 e. The summed E-state index contributed by atoms with van der Waals surface area (Å²) >= 11 is 3.08. The van der Waals surface area contributed by atoms with E-state index in [4.69, 9.17) is 0 Å². The molecule has 1 fully saturated rings. The Kier molecular flexibility index (Phi) is 4.98. The van der Waals surface area contributed by atoms with Gasteiger partial charge in [-0.15, -0.1) is 0 Å². The van der Waals surface area contributed by atoms with Crippen molar-refractivity contribution in [1.82, 2.24) is 0 Å². The van der Waals surface area contributed by atoms with Gasteiger partial charge >= 0.3 is 0 Å². The van der Waals surface area contributed by atoms with Crippen molar-refractivity contribution in [3.05, 3.63) is 28.2 Å². The van der Waals surface area contributed by atoms with Gasteiger partial charge in [-0.2, -0.15) is 0 Å². The average molecular weight is 318 g/mol. The minimum atomic E-state index is -0.562. The highest BCUT2D eigenvalue weighted by molar-refractivity contribution is 9.10. The van der Waals surface area contributed by atoms with Gasteiger partial charge in [0.05, 0.1) is 10.2 Å². The third-order valence-electron chi connectivity index (χ3n) is 3.57. The molecule has 0 radical (unpaired) electrons. The maximum atomic E-state index is 13.5. The molecule has 0 heterocycles. The highest BCUT2D eigenvalue weighted by atomic mass is 79.9. The van der Waals surface area contributed by atoms with Crippen molar-refractivity contribution in [2.24, 2.45) is 5.92 Å². The highest BCUT2D eigenvalue weighted by Gasteiger charge is 2.13. The fraction of sp³-hybridized carbons (Fsp3) is 0.571. The lowest BCUT2D eigenvalue weighted by Crippen LogP contribution is -2.14. The molecule has 0 saturated heterocycles. The molecule has 1 aliphatic carbocycles. The van der Waals surface area contributed by atoms with E-state index < -0.39 is 11.6 Å². The van der Waals surface area contributed by atoms with Gasteiger partial charge in [0.15, 0.2) is 0 Å². The molecule has 100 valence electrons. The number of hydrogen-bond donors (Lipinski definition) is 1. The number of benzene rings is 1. The largest absolute Gasteiger partial charge is 0.382 e. The van der Waals surface area contributed by atoms with Crippen molar-refractivity contribution in [3.63, 3.8) is 0 Å². The molecular weight excluding hydrogens is 300 g/mol. The lowest BCUT2D eigenvalue weighted by Gasteiger charge is -2.16. The topological polar surface area (TPSA) is 12.0 Å². The van der Waals surface area contributed by atoms with Crippen molar-refractivity contribution in [2.75, 3.05) is 11.9 Å². The molecule has 18 heavy (non-hydrogen) atoms. The van der Waals surface area contributed by atoms with E-state index in [2.05, 4.69) is 21.2 Å². The van der Waals surface area contributed by atoms with Crippen LogP contribution in [0, 0.1) is 17.6 Å². The number of hydrogen-bond acceptors (Lipinski definition) is 1. The van der Waals surface area contributed by atoms with Gasteiger partial charge in [0, 0.05) is 12.6 Å². The van der Waals surface area contributed by atoms with Gasteiger partial charge < -0.3 is 5.32 Å². The Labute approximate surface area is 115 Å². The SMILES string of the molecule is Fc1cc(F)c(NCC2CCCCCC2)cc1Br. The molecule has 0 bridgehead atoms. The van der Waals surface area contributed by atoms with E-state index >= 15 is 0 Å². The number of nitrogens with one attached hydrogen (secondary N) is 1. The molecule has 1 aliphatic rings. The van der Waals surface area contributed by atoms with E-state index in [0.29, 0.717) is 16.1 Å². The molecule has 1 saturated carbocycles. The first-order chi connectivity index (χ1) is 8.66. The van der Waals surface area contributed by atoms with Gasteiger partial charge in [-0.05, 0) is 40.8 Å². The molecular formula is C14H18BrF2N. The number of halogens is 3. The Balaban J connectivity index is 1.94. The van der Waals surface area contributed by atoms with E-state index in [0.717, 1.165) is 12.6 Å². The molecule has 0 unspecified atom stereocenters. The predicted molar refractivity (Wildman–Crippen MR) is 73.7 cm³/mol. The molecule has 0 amide bonds. The first kappa shape index (κ1) is 13.8. The van der Waals surface area contributed by atoms with Crippen LogP contribution >= 0.6 is 15.9 Å². The third-order valence-corrected chi connectivity index (χ3v) is 4.17. The first-order valence-corrected chi connectivity index (χ1v) is 7.34. The zero-order valence-electron chi connectivity index (χ0n) is 10.3. The van der Waals surface area contributed by atoms with E-state index in [-0.39, 0.29) is 0 Å². The summed E-state index contributed by atoms with van der Waals surface area (Å²) in [6.45, 7) is 0.773. The van der Waals surface area contributed by atoms with E-state index in [1.807, 2.05) is 0 Å². The van der Waals surface area contributed by atoms with Crippen LogP contribution in [0.5, 0.6) is 0 Å². The van der Waals surface area contributed by atoms with Gasteiger partial charge in [0.25, 0.3) is 0 Å². The van der Waals surface area contributed by atoms with Crippen LogP contribution in [-0.2, 0) is 0 Å². The summed E-state index contributed by atoms with van der Waals surface area (Å²) in [7, 11) is 0. The third kappa shape index (κ3) is 3.67. The van der Waals surface area contributed by atoms with Crippen molar-refractivity contribution in [1.29, 1.82) is 0 Å². The standard InChI is InChI=1S/C14H18BrF2N/c15-11-7-14(13(17)8-12(11)16)18-9-10-5-3-1-2-4-6-10/h7-8,10,18H,1-6,9H2. The van der Waals surface area contributed by atoms with Crippen molar-refractivity contribution in [2.45, 2.75) is 38.5 Å². The summed E-state index contributed by atoms with van der Waals surface area (Å²) in [4.78, 5) is 0. The maximum absolute atomic E-state index is 13.5. The Morgan fingerprint density at radius 2 is 1.72 bits per heavy atom. The first-order valence-electron chi connectivity index (χ1n) is 6.55. The van der Waals surface area contributed by atoms with Gasteiger partial charge in [-0.1, -0.05) is 25.7 Å². The van der Waals surface area contributed by atoms with Crippen molar-refractivity contribution in [3.8, 4) is 0 Å². The van der Waals surface area contributed by atoms with Gasteiger partial charge in [0.1, 0.15) is 11.6 Å². The van der Waals surface area contributed by atoms with Crippen LogP contribution in [0.1, 0.15) is 38.5 Å². The Bertz CT molecular complexity index is 401. The predicted octanol–water partition coefficient (Wildman–Crippen LogP) is 5.11. The summed E-state index contributed by atoms with van der Waals surface area (Å²) in [5.41, 5.74) is 0.382. The zero-order valence-corrected chi connectivity index (χ0v) is 11.9. The summed E-state index contributed by atoms with van der Waals surface area (Å²) in [5, 5.41) is 3.11. The molecule has 0 spiro atoms. The van der Waals surface area contributed by atoms with Crippen LogP contribution in [0.2, 0.25) is 0 Å². The number of anilines is 1. The van der Waals surface area contributed by atoms with E-state index in [1.165, 1.54) is 44.6 Å². The van der Waals surface area contributed by atoms with E-state index in [9.17, 15) is 8.78 Å². The quantitative estimate of drug-likeness (QED) is 0.603. The van der Waals surface area contributed by atoms with Crippen LogP contribution < -0.4 is 5.32 Å². The van der Waals surface area contributed by atoms with Crippen molar-refractivity contribution >= 4 is 21.6 Å². The number of rotatable bonds is 3. The molecule has 1 aromatic carbocycles. The normalized spacial score (nSPS) is 17.5. The molecule has 1 nitrogen and oxygen atoms in total. The Morgan fingerprint density at radius 3 is 2.39 bits per heavy atom. The second-order valence-electron chi connectivity index (χ2n) is 4.98. The van der Waals surface area contributed by atoms with Crippen LogP contribution in [0.15, 0.2) is 16.6 Å². The van der Waals surface area contributed by atoms with Crippen LogP contribution in [0.25, 0.3) is 0 Å². The van der Waals surface area contributed by atoms with Gasteiger partial charge in [-0.25, -0.2) is 8.78 Å². The van der Waals surface area contributed by atoms with Gasteiger partial charge in [0.2, 0.25) is 0 Å². The van der Waals surface area contributed by atoms with Crippen LogP contribution in [-0.4, -0.2) is 6.54 Å². The fourth-order valence-electron chi connectivity index (χ4n) is 2.48. The van der Waals surface area contributed by atoms with Gasteiger partial charge in [-0.3, -0.25) is 0 Å². The second-order valence-corrected chi connectivity index (χ2v) is 5.84. The summed E-state index contributed by atoms with van der Waals surface area (Å²) in [6, 6.07) is 2.39. The van der Waals surface area contributed by atoms with Crippen LogP contribution in [0.3, 0.4) is 0 Å². The Hall–Kier alpha value is -0.640. The summed E-state index contributed by atoms with van der Waals surface area (Å²) in [6.07, 6.45) is 7.57. The molecule has 0 aliphatic heterocycles. The average Bonchev–Trinajstić information content (AvgIpc) is 2.60. The lowest BCUT2D eigenvalue weighted by molar-refractivity contribution is 0.482. The molecule has 1 N–H and O–H groups in total. The minimum Gasteiger partial charge on any atom is -0.382 e. The molecule has 0 aromatic heterocycles. The van der Waals surface area contributed by atoms with Crippen LogP contribution in [0.4, 0.5) is 14.5 Å². The minimum absolute atomic E-state index is 0.298. The molecule has 0 atom stereocenters.